The molecule has 0 bridgehead atoms. The molecule has 5 rings (SSSR count). The maximum Gasteiger partial charge on any atom is 0.311 e. The van der Waals surface area contributed by atoms with Gasteiger partial charge in [-0.05, 0) is 55.0 Å². The number of aliphatic carboxylic acids is 1. The van der Waals surface area contributed by atoms with Gasteiger partial charge in [0.15, 0.2) is 0 Å². The number of anilines is 1. The molecule has 1 unspecified atom stereocenters. The van der Waals surface area contributed by atoms with Crippen LogP contribution < -0.4 is 14.8 Å². The zero-order valence-electron chi connectivity index (χ0n) is 17.8. The number of amides is 1. The Morgan fingerprint density at radius 2 is 1.85 bits per heavy atom. The van der Waals surface area contributed by atoms with E-state index < -0.39 is 11.9 Å². The molecule has 4 aromatic rings. The minimum atomic E-state index is -0.915. The number of hydrogen-bond acceptors (Lipinski definition) is 5. The summed E-state index contributed by atoms with van der Waals surface area (Å²) in [5, 5.41) is 13.5. The molecule has 8 heteroatoms. The number of carbonyl (C=O) groups is 2. The monoisotopic (exact) mass is 474 g/mol. The fraction of sp³-hybridized carbons (Fsp3) is 0.115. The molecule has 0 spiro atoms. The van der Waals surface area contributed by atoms with Crippen molar-refractivity contribution in [2.24, 2.45) is 0 Å². The molecule has 0 fully saturated rings. The van der Waals surface area contributed by atoms with Gasteiger partial charge < -0.3 is 19.9 Å². The van der Waals surface area contributed by atoms with Crippen LogP contribution in [0.2, 0.25) is 5.02 Å². The van der Waals surface area contributed by atoms with Crippen LogP contribution in [0.4, 0.5) is 5.82 Å². The van der Waals surface area contributed by atoms with Gasteiger partial charge in [0.25, 0.3) is 5.91 Å². The lowest BCUT2D eigenvalue weighted by Gasteiger charge is -2.24. The van der Waals surface area contributed by atoms with Gasteiger partial charge in [-0.25, -0.2) is 4.98 Å². The summed E-state index contributed by atoms with van der Waals surface area (Å²) in [4.78, 5) is 28.6. The second-order valence-corrected chi connectivity index (χ2v) is 8.23. The first kappa shape index (κ1) is 21.7. The van der Waals surface area contributed by atoms with E-state index in [9.17, 15) is 14.7 Å². The van der Waals surface area contributed by atoms with Gasteiger partial charge in [-0.1, -0.05) is 29.8 Å². The Kier molecular flexibility index (Phi) is 5.77. The number of rotatable bonds is 5. The first-order valence-corrected chi connectivity index (χ1v) is 11.0. The van der Waals surface area contributed by atoms with Crippen LogP contribution in [0.5, 0.6) is 17.2 Å². The molecule has 0 saturated carbocycles. The third kappa shape index (κ3) is 4.38. The van der Waals surface area contributed by atoms with Crippen LogP contribution in [-0.2, 0) is 4.79 Å². The second kappa shape index (κ2) is 9.03. The SMILES string of the molecule is O=C(Nc1ccc2ccccc2n1)c1ccc(Oc2cc3c(cc2Cl)C(C(=O)O)CCO3)cc1. The molecule has 7 nitrogen and oxygen atoms in total. The Morgan fingerprint density at radius 3 is 2.65 bits per heavy atom. The molecule has 2 N–H and O–H groups in total. The number of carbonyl (C=O) groups excluding carboxylic acids is 1. The summed E-state index contributed by atoms with van der Waals surface area (Å²) in [7, 11) is 0. The number of nitrogens with one attached hydrogen (secondary N) is 1. The maximum absolute atomic E-state index is 12.6. The van der Waals surface area contributed by atoms with Crippen molar-refractivity contribution in [3.8, 4) is 17.2 Å². The van der Waals surface area contributed by atoms with E-state index in [1.54, 1.807) is 42.5 Å². The van der Waals surface area contributed by atoms with Crippen LogP contribution in [0, 0.1) is 0 Å². The first-order valence-electron chi connectivity index (χ1n) is 10.6. The number of halogens is 1. The van der Waals surface area contributed by atoms with E-state index in [4.69, 9.17) is 21.1 Å². The highest BCUT2D eigenvalue weighted by atomic mass is 35.5. The zero-order valence-corrected chi connectivity index (χ0v) is 18.6. The van der Waals surface area contributed by atoms with Crippen LogP contribution >= 0.6 is 11.6 Å². The Labute approximate surface area is 199 Å². The van der Waals surface area contributed by atoms with Gasteiger partial charge in [-0.2, -0.15) is 0 Å². The van der Waals surface area contributed by atoms with E-state index >= 15 is 0 Å². The lowest BCUT2D eigenvalue weighted by Crippen LogP contribution is -2.20. The average Bonchev–Trinajstić information content (AvgIpc) is 2.84. The van der Waals surface area contributed by atoms with Gasteiger partial charge in [-0.3, -0.25) is 9.59 Å². The molecule has 1 atom stereocenters. The smallest absolute Gasteiger partial charge is 0.311 e. The summed E-state index contributed by atoms with van der Waals surface area (Å²) in [6, 6.07) is 21.1. The Balaban J connectivity index is 1.30. The van der Waals surface area contributed by atoms with Crippen LogP contribution in [-0.4, -0.2) is 28.6 Å². The third-order valence-electron chi connectivity index (χ3n) is 5.59. The number of ether oxygens (including phenoxy) is 2. The topological polar surface area (TPSA) is 97.8 Å². The number of hydrogen-bond donors (Lipinski definition) is 2. The van der Waals surface area contributed by atoms with E-state index in [1.807, 2.05) is 30.3 Å². The molecular formula is C26H19ClN2O5. The van der Waals surface area contributed by atoms with Crippen LogP contribution in [0.25, 0.3) is 10.9 Å². The molecule has 3 aromatic carbocycles. The molecule has 1 aliphatic rings. The minimum Gasteiger partial charge on any atom is -0.493 e. The highest BCUT2D eigenvalue weighted by Gasteiger charge is 2.29. The Hall–Kier alpha value is -4.10. The van der Waals surface area contributed by atoms with Gasteiger partial charge in [0.1, 0.15) is 23.1 Å². The predicted octanol–water partition coefficient (Wildman–Crippen LogP) is 5.88. The number of para-hydroxylation sites is 1. The minimum absolute atomic E-state index is 0.277. The van der Waals surface area contributed by atoms with Gasteiger partial charge in [0, 0.05) is 22.6 Å². The standard InChI is InChI=1S/C26H19ClN2O5/c27-20-13-19-18(26(31)32)11-12-33-22(19)14-23(20)34-17-8-5-16(6-9-17)25(30)29-24-10-7-15-3-1-2-4-21(15)28-24/h1-10,13-14,18H,11-12H2,(H,31,32)(H,28,29,30). The number of carboxylic acids is 1. The number of fused-ring (bicyclic) bond motifs is 2. The Morgan fingerprint density at radius 1 is 1.06 bits per heavy atom. The van der Waals surface area contributed by atoms with Gasteiger partial charge in [0.05, 0.1) is 23.1 Å². The molecule has 0 aliphatic carbocycles. The summed E-state index contributed by atoms with van der Waals surface area (Å²) in [6.45, 7) is 0.306. The van der Waals surface area contributed by atoms with Crippen LogP contribution in [0.15, 0.2) is 72.8 Å². The summed E-state index contributed by atoms with van der Waals surface area (Å²) in [6.07, 6.45) is 0.386. The van der Waals surface area contributed by atoms with Gasteiger partial charge >= 0.3 is 5.97 Å². The highest BCUT2D eigenvalue weighted by Crippen LogP contribution is 2.41. The van der Waals surface area contributed by atoms with E-state index in [-0.39, 0.29) is 10.9 Å². The molecule has 170 valence electrons. The zero-order chi connectivity index (χ0) is 23.7. The number of nitrogens with zero attached hydrogens (tertiary/aromatic N) is 1. The van der Waals surface area contributed by atoms with Crippen molar-refractivity contribution in [3.63, 3.8) is 0 Å². The van der Waals surface area contributed by atoms with Crippen molar-refractivity contribution in [1.29, 1.82) is 0 Å². The average molecular weight is 475 g/mol. The largest absolute Gasteiger partial charge is 0.493 e. The summed E-state index contributed by atoms with van der Waals surface area (Å²) in [5.74, 6) is -0.167. The van der Waals surface area contributed by atoms with Crippen molar-refractivity contribution in [2.75, 3.05) is 11.9 Å². The Bertz CT molecular complexity index is 1400. The van der Waals surface area contributed by atoms with Crippen molar-refractivity contribution < 1.29 is 24.2 Å². The van der Waals surface area contributed by atoms with E-state index in [0.29, 0.717) is 47.2 Å². The molecule has 1 aromatic heterocycles. The van der Waals surface area contributed by atoms with Crippen molar-refractivity contribution in [2.45, 2.75) is 12.3 Å². The fourth-order valence-electron chi connectivity index (χ4n) is 3.85. The molecule has 2 heterocycles. The van der Waals surface area contributed by atoms with E-state index in [2.05, 4.69) is 10.3 Å². The number of pyridine rings is 1. The summed E-state index contributed by atoms with van der Waals surface area (Å²) < 4.78 is 11.5. The summed E-state index contributed by atoms with van der Waals surface area (Å²) in [5.41, 5.74) is 1.77. The molecule has 1 aliphatic heterocycles. The summed E-state index contributed by atoms with van der Waals surface area (Å²) >= 11 is 6.35. The number of aromatic nitrogens is 1. The normalized spacial score (nSPS) is 14.7. The second-order valence-electron chi connectivity index (χ2n) is 7.82. The van der Waals surface area contributed by atoms with Gasteiger partial charge in [-0.15, -0.1) is 0 Å². The molecule has 34 heavy (non-hydrogen) atoms. The van der Waals surface area contributed by atoms with Crippen molar-refractivity contribution in [1.82, 2.24) is 4.98 Å². The van der Waals surface area contributed by atoms with Crippen LogP contribution in [0.1, 0.15) is 28.3 Å². The third-order valence-corrected chi connectivity index (χ3v) is 5.88. The van der Waals surface area contributed by atoms with Gasteiger partial charge in [0.2, 0.25) is 0 Å². The van der Waals surface area contributed by atoms with E-state index in [0.717, 1.165) is 10.9 Å². The molecule has 1 amide bonds. The highest BCUT2D eigenvalue weighted by molar-refractivity contribution is 6.32. The fourth-order valence-corrected chi connectivity index (χ4v) is 4.06. The lowest BCUT2D eigenvalue weighted by atomic mass is 9.93. The predicted molar refractivity (Wildman–Crippen MR) is 128 cm³/mol. The lowest BCUT2D eigenvalue weighted by molar-refractivity contribution is -0.139. The number of carboxylic acid groups (broad SMARTS) is 1. The van der Waals surface area contributed by atoms with Crippen LogP contribution in [0.3, 0.4) is 0 Å². The number of benzene rings is 3. The quantitative estimate of drug-likeness (QED) is 0.374. The maximum atomic E-state index is 12.6. The van der Waals surface area contributed by atoms with Crippen molar-refractivity contribution >= 4 is 40.2 Å². The molecular weight excluding hydrogens is 456 g/mol. The van der Waals surface area contributed by atoms with Crippen molar-refractivity contribution in [3.05, 3.63) is 88.9 Å². The molecule has 0 radical (unpaired) electrons. The van der Waals surface area contributed by atoms with E-state index in [1.165, 1.54) is 0 Å². The molecule has 0 saturated heterocycles. The first-order chi connectivity index (χ1) is 16.5.